The first-order valence-electron chi connectivity index (χ1n) is 5.84. The molecule has 0 heterocycles. The van der Waals surface area contributed by atoms with Crippen molar-refractivity contribution in [2.45, 2.75) is 0 Å². The van der Waals surface area contributed by atoms with Crippen molar-refractivity contribution >= 4 is 46.3 Å². The summed E-state index contributed by atoms with van der Waals surface area (Å²) < 4.78 is 0. The molecule has 2 rings (SSSR count). The topological polar surface area (TPSA) is 110 Å². The number of carbonyl (C=O) groups excluding carboxylic acids is 1. The van der Waals surface area contributed by atoms with Gasteiger partial charge in [0.05, 0.1) is 26.3 Å². The molecule has 114 valence electrons. The number of hydrogen-bond donors (Lipinski definition) is 2. The maximum Gasteiger partial charge on any atom is 0.324 e. The van der Waals surface area contributed by atoms with Crippen molar-refractivity contribution < 1.29 is 14.8 Å². The van der Waals surface area contributed by atoms with Crippen LogP contribution in [0.15, 0.2) is 36.4 Å². The molecule has 0 unspecified atom stereocenters. The zero-order valence-electron chi connectivity index (χ0n) is 10.9. The number of halogens is 2. The number of nitro benzene ring substituents is 1. The van der Waals surface area contributed by atoms with Gasteiger partial charge in [-0.05, 0) is 18.2 Å². The fourth-order valence-corrected chi connectivity index (χ4v) is 2.22. The lowest BCUT2D eigenvalue weighted by Crippen LogP contribution is -2.31. The van der Waals surface area contributed by atoms with Crippen LogP contribution in [0.2, 0.25) is 10.0 Å². The van der Waals surface area contributed by atoms with Gasteiger partial charge in [-0.25, -0.2) is 4.79 Å². The molecule has 0 aliphatic rings. The van der Waals surface area contributed by atoms with Crippen molar-refractivity contribution in [3.05, 3.63) is 56.6 Å². The van der Waals surface area contributed by atoms with E-state index in [0.29, 0.717) is 0 Å². The second-order valence-corrected chi connectivity index (χ2v) is 4.96. The number of benzene rings is 2. The van der Waals surface area contributed by atoms with Gasteiger partial charge >= 0.3 is 6.03 Å². The summed E-state index contributed by atoms with van der Waals surface area (Å²) in [5.41, 5.74) is 4.92. The Bertz CT molecular complexity index is 767. The standard InChI is InChI=1S/C13H9Cl2N3O4/c14-8-2-1-3-9(12(8)15)17(13(16)20)10-6-7(18(21)22)4-5-11(10)19/h1-6,19H,(H2,16,20). The van der Waals surface area contributed by atoms with Gasteiger partial charge in [0, 0.05) is 12.1 Å². The van der Waals surface area contributed by atoms with Crippen molar-refractivity contribution in [3.63, 3.8) is 0 Å². The van der Waals surface area contributed by atoms with Crippen molar-refractivity contribution in [3.8, 4) is 5.75 Å². The van der Waals surface area contributed by atoms with Crippen LogP contribution >= 0.6 is 23.2 Å². The van der Waals surface area contributed by atoms with Crippen molar-refractivity contribution in [1.29, 1.82) is 0 Å². The first kappa shape index (κ1) is 15.9. The Balaban J connectivity index is 2.68. The number of phenolic OH excluding ortho intramolecular Hbond substituents is 1. The van der Waals surface area contributed by atoms with Crippen molar-refractivity contribution in [2.75, 3.05) is 4.90 Å². The van der Waals surface area contributed by atoms with Gasteiger partial charge in [-0.3, -0.25) is 15.0 Å². The van der Waals surface area contributed by atoms with Crippen LogP contribution in [0.3, 0.4) is 0 Å². The second-order valence-electron chi connectivity index (χ2n) is 4.18. The van der Waals surface area contributed by atoms with Gasteiger partial charge in [0.2, 0.25) is 0 Å². The van der Waals surface area contributed by atoms with E-state index in [1.165, 1.54) is 18.2 Å². The van der Waals surface area contributed by atoms with E-state index in [0.717, 1.165) is 23.1 Å². The average Bonchev–Trinajstić information content (AvgIpc) is 2.45. The molecule has 0 atom stereocenters. The quantitative estimate of drug-likeness (QED) is 0.652. The maximum atomic E-state index is 11.8. The SMILES string of the molecule is NC(=O)N(c1cc([N+](=O)[O-])ccc1O)c1cccc(Cl)c1Cl. The average molecular weight is 342 g/mol. The summed E-state index contributed by atoms with van der Waals surface area (Å²) in [6, 6.07) is 6.67. The molecule has 0 radical (unpaired) electrons. The molecular formula is C13H9Cl2N3O4. The number of primary amides is 1. The first-order chi connectivity index (χ1) is 10.3. The summed E-state index contributed by atoms with van der Waals surface area (Å²) in [4.78, 5) is 22.8. The number of urea groups is 1. The van der Waals surface area contributed by atoms with E-state index in [2.05, 4.69) is 0 Å². The maximum absolute atomic E-state index is 11.8. The molecule has 0 aliphatic heterocycles. The third-order valence-electron chi connectivity index (χ3n) is 2.80. The molecule has 2 aromatic carbocycles. The Hall–Kier alpha value is -2.51. The van der Waals surface area contributed by atoms with Crippen LogP contribution in [0.5, 0.6) is 5.75 Å². The number of aromatic hydroxyl groups is 1. The Morgan fingerprint density at radius 2 is 1.91 bits per heavy atom. The number of rotatable bonds is 3. The van der Waals surface area contributed by atoms with Crippen LogP contribution in [0.4, 0.5) is 21.9 Å². The van der Waals surface area contributed by atoms with Crippen molar-refractivity contribution in [1.82, 2.24) is 0 Å². The van der Waals surface area contributed by atoms with Crippen LogP contribution in [-0.2, 0) is 0 Å². The Kier molecular flexibility index (Phi) is 4.39. The zero-order chi connectivity index (χ0) is 16.4. The molecule has 0 spiro atoms. The van der Waals surface area contributed by atoms with Gasteiger partial charge in [-0.15, -0.1) is 0 Å². The number of carbonyl (C=O) groups is 1. The Labute approximate surface area is 134 Å². The first-order valence-corrected chi connectivity index (χ1v) is 6.59. The van der Waals surface area contributed by atoms with Crippen LogP contribution in [-0.4, -0.2) is 16.1 Å². The number of anilines is 2. The van der Waals surface area contributed by atoms with Gasteiger partial charge in [-0.1, -0.05) is 29.3 Å². The third-order valence-corrected chi connectivity index (χ3v) is 3.61. The van der Waals surface area contributed by atoms with Gasteiger partial charge in [-0.2, -0.15) is 0 Å². The number of hydrogen-bond acceptors (Lipinski definition) is 4. The summed E-state index contributed by atoms with van der Waals surface area (Å²) >= 11 is 11.9. The molecule has 7 nitrogen and oxygen atoms in total. The summed E-state index contributed by atoms with van der Waals surface area (Å²) in [5, 5.41) is 21.0. The lowest BCUT2D eigenvalue weighted by atomic mass is 10.2. The molecular weight excluding hydrogens is 333 g/mol. The minimum Gasteiger partial charge on any atom is -0.506 e. The van der Waals surface area contributed by atoms with Crippen molar-refractivity contribution in [2.24, 2.45) is 5.73 Å². The van der Waals surface area contributed by atoms with Crippen LogP contribution in [0.25, 0.3) is 0 Å². The molecule has 0 saturated carbocycles. The van der Waals surface area contributed by atoms with E-state index in [4.69, 9.17) is 28.9 Å². The van der Waals surface area contributed by atoms with E-state index in [1.54, 1.807) is 0 Å². The lowest BCUT2D eigenvalue weighted by Gasteiger charge is -2.22. The minimum atomic E-state index is -0.986. The van der Waals surface area contributed by atoms with E-state index >= 15 is 0 Å². The van der Waals surface area contributed by atoms with Gasteiger partial charge < -0.3 is 10.8 Å². The fraction of sp³-hybridized carbons (Fsp3) is 0. The summed E-state index contributed by atoms with van der Waals surface area (Å²) in [7, 11) is 0. The van der Waals surface area contributed by atoms with Gasteiger partial charge in [0.25, 0.3) is 5.69 Å². The molecule has 0 aliphatic carbocycles. The summed E-state index contributed by atoms with van der Waals surface area (Å²) in [5.74, 6) is -0.375. The van der Waals surface area contributed by atoms with E-state index in [-0.39, 0.29) is 32.9 Å². The molecule has 0 bridgehead atoms. The monoisotopic (exact) mass is 341 g/mol. The molecule has 0 saturated heterocycles. The highest BCUT2D eigenvalue weighted by Crippen LogP contribution is 2.40. The zero-order valence-corrected chi connectivity index (χ0v) is 12.4. The van der Waals surface area contributed by atoms with E-state index in [1.807, 2.05) is 0 Å². The van der Waals surface area contributed by atoms with Crippen LogP contribution < -0.4 is 10.6 Å². The number of phenols is 1. The number of nitrogens with zero attached hydrogens (tertiary/aromatic N) is 2. The Morgan fingerprint density at radius 3 is 2.50 bits per heavy atom. The molecule has 2 amide bonds. The number of amides is 2. The van der Waals surface area contributed by atoms with Gasteiger partial charge in [0.15, 0.2) is 0 Å². The predicted octanol–water partition coefficient (Wildman–Crippen LogP) is 3.82. The smallest absolute Gasteiger partial charge is 0.324 e. The number of nitro groups is 1. The largest absolute Gasteiger partial charge is 0.506 e. The lowest BCUT2D eigenvalue weighted by molar-refractivity contribution is -0.384. The second kappa shape index (κ2) is 6.08. The normalized spacial score (nSPS) is 10.3. The molecule has 9 heteroatoms. The third kappa shape index (κ3) is 2.90. The number of nitrogens with two attached hydrogens (primary N) is 1. The van der Waals surface area contributed by atoms with E-state index in [9.17, 15) is 20.0 Å². The highest BCUT2D eigenvalue weighted by atomic mass is 35.5. The summed E-state index contributed by atoms with van der Waals surface area (Å²) in [6.45, 7) is 0. The van der Waals surface area contributed by atoms with E-state index < -0.39 is 11.0 Å². The highest BCUT2D eigenvalue weighted by Gasteiger charge is 2.24. The van der Waals surface area contributed by atoms with Crippen LogP contribution in [0.1, 0.15) is 0 Å². The molecule has 2 aromatic rings. The fourth-order valence-electron chi connectivity index (χ4n) is 1.84. The minimum absolute atomic E-state index is 0.0221. The molecule has 0 aromatic heterocycles. The molecule has 22 heavy (non-hydrogen) atoms. The Morgan fingerprint density at radius 1 is 1.23 bits per heavy atom. The van der Waals surface area contributed by atoms with Gasteiger partial charge in [0.1, 0.15) is 5.75 Å². The van der Waals surface area contributed by atoms with Crippen LogP contribution in [0, 0.1) is 10.1 Å². The highest BCUT2D eigenvalue weighted by molar-refractivity contribution is 6.44. The molecule has 0 fully saturated rings. The molecule has 3 N–H and O–H groups in total. The predicted molar refractivity (Wildman–Crippen MR) is 82.9 cm³/mol. The number of non-ortho nitro benzene ring substituents is 1. The summed E-state index contributed by atoms with van der Waals surface area (Å²) in [6.07, 6.45) is 0.